The molecule has 2 N–H and O–H groups in total. The van der Waals surface area contributed by atoms with Gasteiger partial charge in [-0.25, -0.2) is 4.39 Å². The Morgan fingerprint density at radius 3 is 2.64 bits per heavy atom. The highest BCUT2D eigenvalue weighted by molar-refractivity contribution is 5.81. The number of nitrogens with two attached hydrogens (primary N) is 1. The van der Waals surface area contributed by atoms with Crippen LogP contribution in [0.1, 0.15) is 0 Å². The smallest absolute Gasteiger partial charge is 0.258 e. The highest BCUT2D eigenvalue weighted by Crippen LogP contribution is 2.13. The van der Waals surface area contributed by atoms with Gasteiger partial charge in [-0.05, 0) is 53.9 Å². The molecule has 0 bridgehead atoms. The van der Waals surface area contributed by atoms with Crippen LogP contribution in [-0.4, -0.2) is 11.2 Å². The third kappa shape index (κ3) is 2.93. The number of hydrogen-bond donors (Lipinski definition) is 1. The molecule has 0 aliphatic rings. The quantitative estimate of drug-likeness (QED) is 0.754. The van der Waals surface area contributed by atoms with Gasteiger partial charge in [-0.15, -0.1) is 0 Å². The fraction of sp³-hybridized carbons (Fsp3) is 0.118. The Balaban J connectivity index is 1.74. The van der Waals surface area contributed by atoms with Gasteiger partial charge in [0.1, 0.15) is 18.2 Å². The summed E-state index contributed by atoms with van der Waals surface area (Å²) in [6.07, 6.45) is 1.65. The van der Waals surface area contributed by atoms with E-state index in [1.54, 1.807) is 41.1 Å². The van der Waals surface area contributed by atoms with Gasteiger partial charge in [0.05, 0.1) is 6.54 Å². The average Bonchev–Trinajstić information content (AvgIpc) is 2.51. The van der Waals surface area contributed by atoms with Crippen molar-refractivity contribution >= 4 is 16.5 Å². The van der Waals surface area contributed by atoms with Crippen LogP contribution < -0.4 is 16.0 Å². The largest absolute Gasteiger partial charge is 0.492 e. The highest BCUT2D eigenvalue weighted by atomic mass is 19.1. The molecule has 1 aromatic heterocycles. The fourth-order valence-electron chi connectivity index (χ4n) is 2.26. The normalized spacial score (nSPS) is 10.8. The summed E-state index contributed by atoms with van der Waals surface area (Å²) in [5, 5.41) is 1.09. The van der Waals surface area contributed by atoms with Crippen molar-refractivity contribution in [1.29, 1.82) is 0 Å². The number of anilines is 1. The second-order valence-corrected chi connectivity index (χ2v) is 4.96. The minimum absolute atomic E-state index is 0.154. The molecule has 0 saturated heterocycles. The van der Waals surface area contributed by atoms with Gasteiger partial charge in [0, 0.05) is 17.3 Å². The lowest BCUT2D eigenvalue weighted by Crippen LogP contribution is -2.22. The van der Waals surface area contributed by atoms with Crippen molar-refractivity contribution in [1.82, 2.24) is 4.57 Å². The monoisotopic (exact) mass is 298 g/mol. The molecule has 0 aliphatic carbocycles. The molecule has 5 heteroatoms. The predicted molar refractivity (Wildman–Crippen MR) is 84.5 cm³/mol. The van der Waals surface area contributed by atoms with E-state index in [0.29, 0.717) is 35.4 Å². The Bertz CT molecular complexity index is 857. The number of aromatic nitrogens is 1. The molecule has 3 aromatic rings. The second kappa shape index (κ2) is 5.89. The minimum atomic E-state index is -0.351. The standard InChI is InChI=1S/C17H15FN2O2/c18-13-1-6-16-12(11-13)7-8-20(17(16)21)9-10-22-15-4-2-14(19)3-5-15/h1-8,11H,9-10,19H2. The summed E-state index contributed by atoms with van der Waals surface area (Å²) in [7, 11) is 0. The third-order valence-corrected chi connectivity index (χ3v) is 3.42. The molecule has 0 saturated carbocycles. The van der Waals surface area contributed by atoms with E-state index in [1.165, 1.54) is 18.2 Å². The molecule has 3 rings (SSSR count). The maximum Gasteiger partial charge on any atom is 0.258 e. The molecule has 0 radical (unpaired) electrons. The van der Waals surface area contributed by atoms with Crippen LogP contribution in [0.5, 0.6) is 5.75 Å². The van der Waals surface area contributed by atoms with Crippen LogP contribution in [0.4, 0.5) is 10.1 Å². The predicted octanol–water partition coefficient (Wildman–Crippen LogP) is 2.80. The summed E-state index contributed by atoms with van der Waals surface area (Å²) in [5.74, 6) is 0.349. The molecular weight excluding hydrogens is 283 g/mol. The first-order chi connectivity index (χ1) is 10.6. The van der Waals surface area contributed by atoms with Crippen molar-refractivity contribution < 1.29 is 9.13 Å². The van der Waals surface area contributed by atoms with E-state index < -0.39 is 0 Å². The molecule has 0 atom stereocenters. The van der Waals surface area contributed by atoms with Gasteiger partial charge >= 0.3 is 0 Å². The average molecular weight is 298 g/mol. The van der Waals surface area contributed by atoms with Gasteiger partial charge in [-0.3, -0.25) is 4.79 Å². The topological polar surface area (TPSA) is 57.2 Å². The summed E-state index contributed by atoms with van der Waals surface area (Å²) >= 11 is 0. The summed E-state index contributed by atoms with van der Waals surface area (Å²) in [5.41, 5.74) is 6.12. The van der Waals surface area contributed by atoms with Crippen LogP contribution >= 0.6 is 0 Å². The zero-order chi connectivity index (χ0) is 15.5. The Kier molecular flexibility index (Phi) is 3.78. The summed E-state index contributed by atoms with van der Waals surface area (Å²) in [6, 6.07) is 12.9. The lowest BCUT2D eigenvalue weighted by molar-refractivity contribution is 0.297. The zero-order valence-corrected chi connectivity index (χ0v) is 11.8. The number of nitrogens with zero attached hydrogens (tertiary/aromatic N) is 1. The van der Waals surface area contributed by atoms with Crippen molar-refractivity contribution in [3.8, 4) is 5.75 Å². The molecular formula is C17H15FN2O2. The van der Waals surface area contributed by atoms with Gasteiger partial charge in [0.15, 0.2) is 0 Å². The number of ether oxygens (including phenoxy) is 1. The van der Waals surface area contributed by atoms with E-state index in [9.17, 15) is 9.18 Å². The molecule has 22 heavy (non-hydrogen) atoms. The maximum absolute atomic E-state index is 13.1. The van der Waals surface area contributed by atoms with Crippen LogP contribution in [0.2, 0.25) is 0 Å². The SMILES string of the molecule is Nc1ccc(OCCn2ccc3cc(F)ccc3c2=O)cc1. The number of nitrogen functional groups attached to an aromatic ring is 1. The van der Waals surface area contributed by atoms with E-state index in [4.69, 9.17) is 10.5 Å². The first kappa shape index (κ1) is 14.1. The van der Waals surface area contributed by atoms with Gasteiger partial charge in [0.25, 0.3) is 5.56 Å². The Morgan fingerprint density at radius 2 is 1.86 bits per heavy atom. The van der Waals surface area contributed by atoms with E-state index in [1.807, 2.05) is 0 Å². The molecule has 4 nitrogen and oxygen atoms in total. The number of pyridine rings is 1. The van der Waals surface area contributed by atoms with Crippen LogP contribution in [0.15, 0.2) is 59.5 Å². The maximum atomic E-state index is 13.1. The van der Waals surface area contributed by atoms with Crippen LogP contribution in [0.3, 0.4) is 0 Å². The Hall–Kier alpha value is -2.82. The fourth-order valence-corrected chi connectivity index (χ4v) is 2.26. The van der Waals surface area contributed by atoms with Crippen molar-refractivity contribution in [3.05, 3.63) is 70.9 Å². The molecule has 2 aromatic carbocycles. The Labute approximate surface area is 126 Å². The van der Waals surface area contributed by atoms with Gasteiger partial charge in [0.2, 0.25) is 0 Å². The van der Waals surface area contributed by atoms with E-state index in [0.717, 1.165) is 0 Å². The summed E-state index contributed by atoms with van der Waals surface area (Å²) in [4.78, 5) is 12.3. The van der Waals surface area contributed by atoms with Gasteiger partial charge in [-0.2, -0.15) is 0 Å². The lowest BCUT2D eigenvalue weighted by atomic mass is 10.2. The molecule has 0 spiro atoms. The van der Waals surface area contributed by atoms with Crippen LogP contribution in [0, 0.1) is 5.82 Å². The number of halogens is 1. The molecule has 0 aliphatic heterocycles. The molecule has 0 amide bonds. The Morgan fingerprint density at radius 1 is 1.09 bits per heavy atom. The number of fused-ring (bicyclic) bond motifs is 1. The molecule has 0 unspecified atom stereocenters. The van der Waals surface area contributed by atoms with Crippen LogP contribution in [-0.2, 0) is 6.54 Å². The van der Waals surface area contributed by atoms with Crippen molar-refractivity contribution in [3.63, 3.8) is 0 Å². The molecule has 1 heterocycles. The lowest BCUT2D eigenvalue weighted by Gasteiger charge is -2.09. The molecule has 112 valence electrons. The summed E-state index contributed by atoms with van der Waals surface area (Å²) < 4.78 is 20.3. The summed E-state index contributed by atoms with van der Waals surface area (Å²) in [6.45, 7) is 0.771. The number of rotatable bonds is 4. The zero-order valence-electron chi connectivity index (χ0n) is 11.8. The van der Waals surface area contributed by atoms with Crippen molar-refractivity contribution in [2.45, 2.75) is 6.54 Å². The minimum Gasteiger partial charge on any atom is -0.492 e. The van der Waals surface area contributed by atoms with Crippen molar-refractivity contribution in [2.24, 2.45) is 0 Å². The van der Waals surface area contributed by atoms with Crippen LogP contribution in [0.25, 0.3) is 10.8 Å². The highest BCUT2D eigenvalue weighted by Gasteiger charge is 2.04. The van der Waals surface area contributed by atoms with E-state index >= 15 is 0 Å². The number of hydrogen-bond acceptors (Lipinski definition) is 3. The first-order valence-corrected chi connectivity index (χ1v) is 6.90. The first-order valence-electron chi connectivity index (χ1n) is 6.90. The third-order valence-electron chi connectivity index (χ3n) is 3.42. The van der Waals surface area contributed by atoms with E-state index in [2.05, 4.69) is 0 Å². The van der Waals surface area contributed by atoms with Gasteiger partial charge < -0.3 is 15.0 Å². The molecule has 0 fully saturated rings. The van der Waals surface area contributed by atoms with Gasteiger partial charge in [-0.1, -0.05) is 0 Å². The van der Waals surface area contributed by atoms with E-state index in [-0.39, 0.29) is 11.4 Å². The van der Waals surface area contributed by atoms with Crippen molar-refractivity contribution in [2.75, 3.05) is 12.3 Å². The number of benzene rings is 2. The second-order valence-electron chi connectivity index (χ2n) is 4.96.